The van der Waals surface area contributed by atoms with Gasteiger partial charge in [0.1, 0.15) is 12.4 Å². The molecule has 0 radical (unpaired) electrons. The number of piperidine rings is 2. The molecule has 4 fully saturated rings. The first kappa shape index (κ1) is 41.1. The van der Waals surface area contributed by atoms with Crippen molar-refractivity contribution in [2.75, 3.05) is 69.3 Å². The van der Waals surface area contributed by atoms with E-state index in [1.54, 1.807) is 11.9 Å². The van der Waals surface area contributed by atoms with Crippen LogP contribution in [0.2, 0.25) is 0 Å². The molecule has 0 bridgehead atoms. The van der Waals surface area contributed by atoms with Crippen LogP contribution in [0.3, 0.4) is 0 Å². The van der Waals surface area contributed by atoms with Crippen molar-refractivity contribution in [3.63, 3.8) is 0 Å². The van der Waals surface area contributed by atoms with Gasteiger partial charge in [-0.3, -0.25) is 29.4 Å². The van der Waals surface area contributed by atoms with E-state index in [0.717, 1.165) is 97.1 Å². The van der Waals surface area contributed by atoms with Gasteiger partial charge in [0.05, 0.1) is 54.5 Å². The number of anilines is 2. The van der Waals surface area contributed by atoms with Gasteiger partial charge in [-0.1, -0.05) is 18.7 Å². The van der Waals surface area contributed by atoms with Gasteiger partial charge in [0, 0.05) is 81.8 Å². The molecule has 328 valence electrons. The van der Waals surface area contributed by atoms with E-state index in [4.69, 9.17) is 9.72 Å². The number of fused-ring (bicyclic) bond motifs is 6. The fourth-order valence-electron chi connectivity index (χ4n) is 12.1. The molecule has 3 unspecified atom stereocenters. The molecule has 7 aliphatic rings. The summed E-state index contributed by atoms with van der Waals surface area (Å²) in [6, 6.07) is 11.1. The Labute approximate surface area is 362 Å². The summed E-state index contributed by atoms with van der Waals surface area (Å²) in [7, 11) is 1.73. The standard InChI is InChI=1S/C48H57F3N8O3/c1-29-5-7-35-37(38(29)23-52-4)19-30(2)59(28-48(49,50)51)44(35)40-9-6-33(22-53-40)56-15-13-47(14-16-56)20-32(21-47)24-55-17-18-57-34(25-55)27-62-45-39-26-58(41-11-12-43(60)54-31(41)3)46(61)36(39)8-10-42(45)57/h5-10,22-23,30,32,34,41,44H,3,11-21,24-28H2,1-2,4H3,(H,54,60)/t30?,34?,41?,44-/m0/s1. The predicted octanol–water partition coefficient (Wildman–Crippen LogP) is 6.66. The highest BCUT2D eigenvalue weighted by molar-refractivity contribution is 6.01. The molecular formula is C48H57F3N8O3. The summed E-state index contributed by atoms with van der Waals surface area (Å²) in [5.41, 5.74) is 9.34. The zero-order valence-electron chi connectivity index (χ0n) is 36.0. The Bertz CT molecular complexity index is 2300. The van der Waals surface area contributed by atoms with Crippen LogP contribution in [0, 0.1) is 18.3 Å². The lowest BCUT2D eigenvalue weighted by atomic mass is 9.57. The topological polar surface area (TPSA) is 96.9 Å². The molecule has 1 saturated carbocycles. The summed E-state index contributed by atoms with van der Waals surface area (Å²) in [6.45, 7) is 13.9. The smallest absolute Gasteiger partial charge is 0.401 e. The Morgan fingerprint density at radius 1 is 1.03 bits per heavy atom. The maximum absolute atomic E-state index is 14.0. The van der Waals surface area contributed by atoms with Crippen molar-refractivity contribution in [1.82, 2.24) is 25.0 Å². The largest absolute Gasteiger partial charge is 0.489 e. The molecule has 1 aliphatic carbocycles. The Balaban J connectivity index is 0.739. The van der Waals surface area contributed by atoms with Gasteiger partial charge in [0.2, 0.25) is 5.91 Å². The van der Waals surface area contributed by atoms with E-state index < -0.39 is 18.8 Å². The highest BCUT2D eigenvalue weighted by Crippen LogP contribution is 2.53. The Kier molecular flexibility index (Phi) is 10.4. The van der Waals surface area contributed by atoms with Crippen LogP contribution in [0.1, 0.15) is 95.4 Å². The number of aryl methyl sites for hydroxylation is 1. The molecule has 1 spiro atoms. The van der Waals surface area contributed by atoms with E-state index in [1.807, 2.05) is 55.4 Å². The van der Waals surface area contributed by atoms with Crippen molar-refractivity contribution >= 4 is 29.4 Å². The third-order valence-corrected chi connectivity index (χ3v) is 15.2. The van der Waals surface area contributed by atoms with Crippen molar-refractivity contribution < 1.29 is 27.5 Å². The molecule has 1 N–H and O–H groups in total. The lowest BCUT2D eigenvalue weighted by molar-refractivity contribution is -0.155. The number of hydrogen-bond acceptors (Lipinski definition) is 9. The number of carbonyl (C=O) groups is 2. The third-order valence-electron chi connectivity index (χ3n) is 15.2. The maximum atomic E-state index is 14.0. The second-order valence-corrected chi connectivity index (χ2v) is 19.1. The van der Waals surface area contributed by atoms with E-state index in [1.165, 1.54) is 12.8 Å². The molecule has 3 aromatic rings. The number of aromatic nitrogens is 1. The number of carbonyl (C=O) groups excluding carboxylic acids is 2. The van der Waals surface area contributed by atoms with Crippen molar-refractivity contribution in [3.8, 4) is 5.75 Å². The van der Waals surface area contributed by atoms with E-state index in [-0.39, 0.29) is 29.9 Å². The number of nitrogens with one attached hydrogen (secondary N) is 1. The molecule has 7 heterocycles. The SMILES string of the molecule is C=C1NC(=O)CCC1N1Cc2c(ccc3c2OCC2CN(CC4CC5(CCN(c6ccc([C@@H]7c8ccc(C)c(C=NC)c8CC(C)N7CC(F)(F)F)nc6)CC5)C4)CCN32)C1=O. The summed E-state index contributed by atoms with van der Waals surface area (Å²) < 4.78 is 48.4. The summed E-state index contributed by atoms with van der Waals surface area (Å²) in [4.78, 5) is 45.4. The van der Waals surface area contributed by atoms with E-state index in [0.29, 0.717) is 60.7 Å². The number of hydrogen-bond donors (Lipinski definition) is 1. The lowest BCUT2D eigenvalue weighted by Gasteiger charge is -2.54. The fraction of sp³-hybridized carbons (Fsp3) is 0.542. The minimum Gasteiger partial charge on any atom is -0.489 e. The molecule has 14 heteroatoms. The zero-order chi connectivity index (χ0) is 43.1. The molecule has 6 aliphatic heterocycles. The molecule has 1 aromatic heterocycles. The highest BCUT2D eigenvalue weighted by atomic mass is 19.4. The molecule has 2 aromatic carbocycles. The fourth-order valence-corrected chi connectivity index (χ4v) is 12.1. The minimum absolute atomic E-state index is 0.0266. The highest BCUT2D eigenvalue weighted by Gasteiger charge is 2.48. The Hall–Kier alpha value is -4.95. The molecule has 2 amide bonds. The van der Waals surface area contributed by atoms with Crippen LogP contribution in [-0.2, 0) is 17.8 Å². The second-order valence-electron chi connectivity index (χ2n) is 19.1. The second kappa shape index (κ2) is 15.7. The molecule has 11 nitrogen and oxygen atoms in total. The van der Waals surface area contributed by atoms with Crippen molar-refractivity contribution in [1.29, 1.82) is 0 Å². The number of halogens is 3. The number of amides is 2. The number of piperazine rings is 1. The van der Waals surface area contributed by atoms with Crippen LogP contribution in [0.25, 0.3) is 0 Å². The van der Waals surface area contributed by atoms with Gasteiger partial charge in [-0.15, -0.1) is 0 Å². The number of rotatable bonds is 7. The molecule has 3 saturated heterocycles. The van der Waals surface area contributed by atoms with Gasteiger partial charge in [0.25, 0.3) is 5.91 Å². The first-order valence-corrected chi connectivity index (χ1v) is 22.4. The van der Waals surface area contributed by atoms with Crippen molar-refractivity contribution in [2.24, 2.45) is 16.3 Å². The molecule has 10 rings (SSSR count). The van der Waals surface area contributed by atoms with Crippen LogP contribution >= 0.6 is 0 Å². The first-order chi connectivity index (χ1) is 29.8. The zero-order valence-corrected chi connectivity index (χ0v) is 36.0. The van der Waals surface area contributed by atoms with Crippen molar-refractivity contribution in [2.45, 2.75) is 95.7 Å². The van der Waals surface area contributed by atoms with Crippen LogP contribution in [-0.4, -0.2) is 121 Å². The average Bonchev–Trinajstić information content (AvgIpc) is 3.57. The van der Waals surface area contributed by atoms with Gasteiger partial charge in [-0.25, -0.2) is 0 Å². The first-order valence-electron chi connectivity index (χ1n) is 22.4. The van der Waals surface area contributed by atoms with Gasteiger partial charge in [0.15, 0.2) is 0 Å². The number of ether oxygens (including phenoxy) is 1. The summed E-state index contributed by atoms with van der Waals surface area (Å²) in [5.74, 6) is 1.44. The summed E-state index contributed by atoms with van der Waals surface area (Å²) in [6.07, 6.45) is 5.61. The van der Waals surface area contributed by atoms with Crippen LogP contribution in [0.5, 0.6) is 5.75 Å². The monoisotopic (exact) mass is 850 g/mol. The van der Waals surface area contributed by atoms with Crippen molar-refractivity contribution in [3.05, 3.63) is 93.9 Å². The Morgan fingerprint density at radius 2 is 1.84 bits per heavy atom. The number of aliphatic imine (C=N–C) groups is 1. The van der Waals surface area contributed by atoms with Crippen LogP contribution in [0.15, 0.2) is 59.9 Å². The number of nitrogens with zero attached hydrogens (tertiary/aromatic N) is 7. The number of pyridine rings is 1. The lowest BCUT2D eigenvalue weighted by Crippen LogP contribution is -2.59. The molecular weight excluding hydrogens is 794 g/mol. The van der Waals surface area contributed by atoms with Crippen LogP contribution in [0.4, 0.5) is 24.5 Å². The number of benzene rings is 2. The summed E-state index contributed by atoms with van der Waals surface area (Å²) in [5, 5.41) is 2.83. The van der Waals surface area contributed by atoms with E-state index in [9.17, 15) is 22.8 Å². The van der Waals surface area contributed by atoms with E-state index in [2.05, 4.69) is 43.7 Å². The van der Waals surface area contributed by atoms with Gasteiger partial charge in [-0.2, -0.15) is 13.2 Å². The van der Waals surface area contributed by atoms with Gasteiger partial charge in [-0.05, 0) is 110 Å². The van der Waals surface area contributed by atoms with Gasteiger partial charge >= 0.3 is 6.18 Å². The van der Waals surface area contributed by atoms with E-state index >= 15 is 0 Å². The maximum Gasteiger partial charge on any atom is 0.401 e. The third kappa shape index (κ3) is 7.34. The predicted molar refractivity (Wildman–Crippen MR) is 233 cm³/mol. The summed E-state index contributed by atoms with van der Waals surface area (Å²) >= 11 is 0. The van der Waals surface area contributed by atoms with Crippen LogP contribution < -0.4 is 19.9 Å². The minimum atomic E-state index is -4.33. The quantitative estimate of drug-likeness (QED) is 0.264. The average molecular weight is 851 g/mol. The molecule has 62 heavy (non-hydrogen) atoms. The normalized spacial score (nSPS) is 26.5. The van der Waals surface area contributed by atoms with Gasteiger partial charge < -0.3 is 24.8 Å². The Morgan fingerprint density at radius 3 is 2.56 bits per heavy atom. The molecule has 4 atom stereocenters. The number of alkyl halides is 3.